The Morgan fingerprint density at radius 2 is 1.61 bits per heavy atom. The van der Waals surface area contributed by atoms with Crippen molar-refractivity contribution in [1.29, 1.82) is 0 Å². The topological polar surface area (TPSA) is 105 Å². The van der Waals surface area contributed by atoms with Crippen LogP contribution in [0.15, 0.2) is 48.5 Å². The van der Waals surface area contributed by atoms with Crippen LogP contribution in [0.4, 0.5) is 4.79 Å². The van der Waals surface area contributed by atoms with Crippen molar-refractivity contribution < 1.29 is 29.1 Å². The van der Waals surface area contributed by atoms with Gasteiger partial charge in [0, 0.05) is 25.9 Å². The lowest BCUT2D eigenvalue weighted by Crippen LogP contribution is -2.39. The van der Waals surface area contributed by atoms with Gasteiger partial charge in [0.25, 0.3) is 0 Å². The molecule has 2 aliphatic rings. The fourth-order valence-corrected chi connectivity index (χ4v) is 4.68. The second-order valence-electron chi connectivity index (χ2n) is 8.67. The summed E-state index contributed by atoms with van der Waals surface area (Å²) in [6.45, 7) is 0.247. The van der Waals surface area contributed by atoms with E-state index in [2.05, 4.69) is 29.6 Å². The zero-order valence-corrected chi connectivity index (χ0v) is 18.5. The normalized spacial score (nSPS) is 18.6. The van der Waals surface area contributed by atoms with E-state index in [9.17, 15) is 14.4 Å². The molecule has 0 saturated heterocycles. The molecule has 0 atom stereocenters. The van der Waals surface area contributed by atoms with Crippen LogP contribution in [0, 0.1) is 11.8 Å². The third-order valence-corrected chi connectivity index (χ3v) is 6.41. The minimum atomic E-state index is -1.13. The van der Waals surface area contributed by atoms with E-state index < -0.39 is 18.7 Å². The van der Waals surface area contributed by atoms with E-state index in [0.29, 0.717) is 18.9 Å². The second kappa shape index (κ2) is 10.0. The number of ether oxygens (including phenoxy) is 1. The lowest BCUT2D eigenvalue weighted by atomic mass is 9.73. The molecular weight excluding hydrogens is 424 g/mol. The van der Waals surface area contributed by atoms with E-state index >= 15 is 0 Å². The molecule has 0 aromatic heterocycles. The summed E-state index contributed by atoms with van der Waals surface area (Å²) in [6.07, 6.45) is 1.51. The van der Waals surface area contributed by atoms with E-state index in [-0.39, 0.29) is 24.3 Å². The number of aliphatic carboxylic acids is 1. The predicted molar refractivity (Wildman–Crippen MR) is 120 cm³/mol. The average molecular weight is 453 g/mol. The zero-order valence-electron chi connectivity index (χ0n) is 18.5. The summed E-state index contributed by atoms with van der Waals surface area (Å²) in [5.41, 5.74) is 4.73. The van der Waals surface area contributed by atoms with Gasteiger partial charge < -0.3 is 15.2 Å². The Morgan fingerprint density at radius 1 is 1.00 bits per heavy atom. The molecule has 1 saturated carbocycles. The Morgan fingerprint density at radius 3 is 2.21 bits per heavy atom. The molecule has 2 aromatic rings. The molecule has 4 rings (SSSR count). The number of carbonyl (C=O) groups is 3. The summed E-state index contributed by atoms with van der Waals surface area (Å²) in [6, 6.07) is 16.4. The van der Waals surface area contributed by atoms with Crippen LogP contribution in [0.5, 0.6) is 0 Å². The first-order chi connectivity index (χ1) is 15.9. The number of hydrogen-bond donors (Lipinski definition) is 2. The average Bonchev–Trinajstić information content (AvgIpc) is 3.11. The highest BCUT2D eigenvalue weighted by atomic mass is 16.7. The molecule has 2 N–H and O–H groups in total. The molecular formula is C25H28N2O6. The van der Waals surface area contributed by atoms with E-state index in [1.54, 1.807) is 0 Å². The first-order valence-corrected chi connectivity index (χ1v) is 11.1. The van der Waals surface area contributed by atoms with Crippen LogP contribution in [0.1, 0.15) is 36.3 Å². The zero-order chi connectivity index (χ0) is 23.4. The maximum atomic E-state index is 12.3. The molecule has 2 amide bonds. The van der Waals surface area contributed by atoms with Crippen molar-refractivity contribution in [2.45, 2.75) is 25.2 Å². The predicted octanol–water partition coefficient (Wildman–Crippen LogP) is 3.42. The Balaban J connectivity index is 1.17. The Kier molecular flexibility index (Phi) is 6.93. The quantitative estimate of drug-likeness (QED) is 0.565. The van der Waals surface area contributed by atoms with Gasteiger partial charge in [-0.15, -0.1) is 0 Å². The second-order valence-corrected chi connectivity index (χ2v) is 8.67. The molecule has 0 spiro atoms. The minimum Gasteiger partial charge on any atom is -0.479 e. The molecule has 0 bridgehead atoms. The van der Waals surface area contributed by atoms with Gasteiger partial charge in [-0.05, 0) is 46.9 Å². The van der Waals surface area contributed by atoms with Crippen molar-refractivity contribution in [2.75, 3.05) is 26.8 Å². The standard InChI is InChI=1S/C25H28N2O6/c1-27(33-15-24(29)30)23(28)12-16-10-17(11-16)13-26-25(31)32-14-22-20-8-4-2-6-18(20)19-7-3-5-9-21(19)22/h2-9,16-17,22H,10-15H2,1H3,(H,26,31)(H,29,30). The van der Waals surface area contributed by atoms with Gasteiger partial charge >= 0.3 is 12.1 Å². The van der Waals surface area contributed by atoms with Gasteiger partial charge in [0.2, 0.25) is 5.91 Å². The van der Waals surface area contributed by atoms with Crippen molar-refractivity contribution >= 4 is 18.0 Å². The SMILES string of the molecule is CN(OCC(=O)O)C(=O)CC1CC(CNC(=O)OCC2c3ccccc3-c3ccccc32)C1. The lowest BCUT2D eigenvalue weighted by Gasteiger charge is -2.35. The summed E-state index contributed by atoms with van der Waals surface area (Å²) in [5.74, 6) is -0.833. The summed E-state index contributed by atoms with van der Waals surface area (Å²) in [4.78, 5) is 39.7. The van der Waals surface area contributed by atoms with Crippen LogP contribution in [-0.4, -0.2) is 54.9 Å². The van der Waals surface area contributed by atoms with E-state index in [1.165, 1.54) is 29.3 Å². The number of alkyl carbamates (subject to hydrolysis) is 1. The highest BCUT2D eigenvalue weighted by molar-refractivity contribution is 5.79. The third kappa shape index (κ3) is 5.34. The number of hydroxylamine groups is 2. The van der Waals surface area contributed by atoms with Gasteiger partial charge in [-0.2, -0.15) is 0 Å². The van der Waals surface area contributed by atoms with Crippen molar-refractivity contribution in [2.24, 2.45) is 11.8 Å². The molecule has 33 heavy (non-hydrogen) atoms. The van der Waals surface area contributed by atoms with Crippen LogP contribution in [0.2, 0.25) is 0 Å². The van der Waals surface area contributed by atoms with Crippen LogP contribution in [-0.2, 0) is 19.2 Å². The molecule has 0 heterocycles. The largest absolute Gasteiger partial charge is 0.479 e. The summed E-state index contributed by atoms with van der Waals surface area (Å²) >= 11 is 0. The number of benzene rings is 2. The molecule has 2 aromatic carbocycles. The number of carboxylic acid groups (broad SMARTS) is 1. The number of nitrogens with one attached hydrogen (secondary N) is 1. The van der Waals surface area contributed by atoms with Crippen molar-refractivity contribution in [3.8, 4) is 11.1 Å². The molecule has 174 valence electrons. The Bertz CT molecular complexity index is 988. The van der Waals surface area contributed by atoms with E-state index in [1.807, 2.05) is 24.3 Å². The van der Waals surface area contributed by atoms with Crippen LogP contribution >= 0.6 is 0 Å². The monoisotopic (exact) mass is 452 g/mol. The highest BCUT2D eigenvalue weighted by Crippen LogP contribution is 2.44. The van der Waals surface area contributed by atoms with Crippen molar-refractivity contribution in [3.63, 3.8) is 0 Å². The van der Waals surface area contributed by atoms with Crippen molar-refractivity contribution in [3.05, 3.63) is 59.7 Å². The Hall–Kier alpha value is -3.39. The fourth-order valence-electron chi connectivity index (χ4n) is 4.68. The maximum absolute atomic E-state index is 12.3. The van der Waals surface area contributed by atoms with Crippen molar-refractivity contribution in [1.82, 2.24) is 10.4 Å². The number of fused-ring (bicyclic) bond motifs is 3. The molecule has 8 nitrogen and oxygen atoms in total. The first kappa shape index (κ1) is 22.8. The summed E-state index contributed by atoms with van der Waals surface area (Å²) < 4.78 is 5.55. The van der Waals surface area contributed by atoms with E-state index in [4.69, 9.17) is 14.7 Å². The minimum absolute atomic E-state index is 0.0302. The lowest BCUT2D eigenvalue weighted by molar-refractivity contribution is -0.187. The number of carboxylic acids is 1. The summed E-state index contributed by atoms with van der Waals surface area (Å²) in [7, 11) is 1.42. The molecule has 0 unspecified atom stereocenters. The Labute approximate surface area is 192 Å². The van der Waals surface area contributed by atoms with Gasteiger partial charge in [-0.1, -0.05) is 48.5 Å². The molecule has 0 radical (unpaired) electrons. The number of amides is 2. The first-order valence-electron chi connectivity index (χ1n) is 11.1. The molecule has 0 aliphatic heterocycles. The highest BCUT2D eigenvalue weighted by Gasteiger charge is 2.32. The summed E-state index contributed by atoms with van der Waals surface area (Å²) in [5, 5.41) is 12.4. The van der Waals surface area contributed by atoms with Crippen LogP contribution < -0.4 is 5.32 Å². The fraction of sp³-hybridized carbons (Fsp3) is 0.400. The number of nitrogens with zero attached hydrogens (tertiary/aromatic N) is 1. The van der Waals surface area contributed by atoms with Gasteiger partial charge in [0.05, 0.1) is 0 Å². The van der Waals surface area contributed by atoms with Gasteiger partial charge in [-0.3, -0.25) is 9.63 Å². The van der Waals surface area contributed by atoms with E-state index in [0.717, 1.165) is 17.9 Å². The molecule has 8 heteroatoms. The van der Waals surface area contributed by atoms with Crippen LogP contribution in [0.25, 0.3) is 11.1 Å². The number of rotatable bonds is 9. The van der Waals surface area contributed by atoms with Gasteiger partial charge in [0.1, 0.15) is 6.61 Å². The number of carbonyl (C=O) groups excluding carboxylic acids is 2. The molecule has 2 aliphatic carbocycles. The number of hydrogen-bond acceptors (Lipinski definition) is 5. The van der Waals surface area contributed by atoms with Gasteiger partial charge in [0.15, 0.2) is 6.61 Å². The smallest absolute Gasteiger partial charge is 0.407 e. The van der Waals surface area contributed by atoms with Crippen LogP contribution in [0.3, 0.4) is 0 Å². The molecule has 1 fully saturated rings. The maximum Gasteiger partial charge on any atom is 0.407 e. The third-order valence-electron chi connectivity index (χ3n) is 6.41. The van der Waals surface area contributed by atoms with Gasteiger partial charge in [-0.25, -0.2) is 14.7 Å².